The molecule has 0 fully saturated rings. The van der Waals surface area contributed by atoms with Crippen molar-refractivity contribution in [3.8, 4) is 6.19 Å². The molecule has 1 heterocycles. The van der Waals surface area contributed by atoms with Crippen molar-refractivity contribution in [3.63, 3.8) is 0 Å². The topological polar surface area (TPSA) is 60.7 Å². The lowest BCUT2D eigenvalue weighted by molar-refractivity contribution is 1.20. The molecule has 0 aliphatic carbocycles. The van der Waals surface area contributed by atoms with Crippen molar-refractivity contribution in [2.75, 3.05) is 5.32 Å². The second kappa shape index (κ2) is 4.38. The summed E-state index contributed by atoms with van der Waals surface area (Å²) in [6, 6.07) is 3.61. The van der Waals surface area contributed by atoms with Crippen molar-refractivity contribution in [1.29, 1.82) is 5.26 Å². The summed E-state index contributed by atoms with van der Waals surface area (Å²) in [4.78, 5) is 4.02. The first-order valence-corrected chi connectivity index (χ1v) is 4.02. The minimum absolute atomic E-state index is 0.285. The van der Waals surface area contributed by atoms with E-state index in [-0.39, 0.29) is 5.11 Å². The molecule has 1 aromatic rings. The Morgan fingerprint density at radius 1 is 1.69 bits per heavy atom. The highest BCUT2D eigenvalue weighted by Crippen LogP contribution is 2.06. The second-order valence-electron chi connectivity index (χ2n) is 2.38. The molecule has 0 saturated heterocycles. The third kappa shape index (κ3) is 3.05. The van der Waals surface area contributed by atoms with Crippen LogP contribution in [0, 0.1) is 18.4 Å². The summed E-state index contributed by atoms with van der Waals surface area (Å²) in [6.07, 6.45) is 3.41. The molecule has 0 aromatic carbocycles. The molecule has 4 nitrogen and oxygen atoms in total. The van der Waals surface area contributed by atoms with E-state index in [1.165, 1.54) is 0 Å². The van der Waals surface area contributed by atoms with Crippen molar-refractivity contribution in [2.45, 2.75) is 6.92 Å². The molecule has 0 spiro atoms. The number of nitrogens with zero attached hydrogens (tertiary/aromatic N) is 2. The van der Waals surface area contributed by atoms with Crippen LogP contribution in [0.5, 0.6) is 0 Å². The van der Waals surface area contributed by atoms with E-state index in [2.05, 4.69) is 15.6 Å². The Morgan fingerprint density at radius 2 is 2.46 bits per heavy atom. The number of nitrogens with one attached hydrogen (secondary N) is 2. The standard InChI is InChI=1S/C8H8N4S/c1-6-4-7(2-3-10-6)12-8(13)11-5-9/h2-4H,1H3,(H2,10,11,12,13). The van der Waals surface area contributed by atoms with Gasteiger partial charge in [0.2, 0.25) is 0 Å². The maximum absolute atomic E-state index is 8.27. The average molecular weight is 192 g/mol. The number of anilines is 1. The number of aryl methyl sites for hydroxylation is 1. The largest absolute Gasteiger partial charge is 0.332 e. The van der Waals surface area contributed by atoms with Crippen LogP contribution in [0.3, 0.4) is 0 Å². The minimum Gasteiger partial charge on any atom is -0.332 e. The fraction of sp³-hybridized carbons (Fsp3) is 0.125. The molecule has 0 aliphatic rings. The fourth-order valence-electron chi connectivity index (χ4n) is 0.836. The van der Waals surface area contributed by atoms with Crippen LogP contribution in [0.2, 0.25) is 0 Å². The Hall–Kier alpha value is -1.67. The minimum atomic E-state index is 0.285. The number of rotatable bonds is 1. The van der Waals surface area contributed by atoms with Gasteiger partial charge < -0.3 is 5.32 Å². The van der Waals surface area contributed by atoms with Gasteiger partial charge in [0, 0.05) is 17.6 Å². The SMILES string of the molecule is Cc1cc(NC(=S)NC#N)ccn1. The molecule has 0 bridgehead atoms. The van der Waals surface area contributed by atoms with E-state index in [1.807, 2.05) is 13.0 Å². The first-order valence-electron chi connectivity index (χ1n) is 3.61. The lowest BCUT2D eigenvalue weighted by Crippen LogP contribution is -2.23. The zero-order valence-corrected chi connectivity index (χ0v) is 7.85. The smallest absolute Gasteiger partial charge is 0.184 e. The summed E-state index contributed by atoms with van der Waals surface area (Å²) in [7, 11) is 0. The van der Waals surface area contributed by atoms with Crippen LogP contribution in [0.15, 0.2) is 18.3 Å². The van der Waals surface area contributed by atoms with Gasteiger partial charge in [0.05, 0.1) is 0 Å². The van der Waals surface area contributed by atoms with Crippen molar-refractivity contribution < 1.29 is 0 Å². The predicted octanol–water partition coefficient (Wildman–Crippen LogP) is 1.16. The summed E-state index contributed by atoms with van der Waals surface area (Å²) in [5.41, 5.74) is 1.71. The molecule has 1 aromatic heterocycles. The van der Waals surface area contributed by atoms with Crippen molar-refractivity contribution >= 4 is 23.0 Å². The highest BCUT2D eigenvalue weighted by atomic mass is 32.1. The maximum atomic E-state index is 8.27. The van der Waals surface area contributed by atoms with E-state index in [4.69, 9.17) is 17.5 Å². The first kappa shape index (κ1) is 9.42. The summed E-state index contributed by atoms with van der Waals surface area (Å²) < 4.78 is 0. The number of hydrogen-bond acceptors (Lipinski definition) is 3. The van der Waals surface area contributed by atoms with Gasteiger partial charge in [0.1, 0.15) is 0 Å². The van der Waals surface area contributed by atoms with Crippen LogP contribution in [0.25, 0.3) is 0 Å². The van der Waals surface area contributed by atoms with Crippen LogP contribution in [0.1, 0.15) is 5.69 Å². The van der Waals surface area contributed by atoms with Gasteiger partial charge in [-0.25, -0.2) is 0 Å². The summed E-state index contributed by atoms with van der Waals surface area (Å²) in [5.74, 6) is 0. The molecule has 0 amide bonds. The highest BCUT2D eigenvalue weighted by molar-refractivity contribution is 7.80. The molecule has 0 saturated carbocycles. The molecule has 0 aliphatic heterocycles. The number of thiocarbonyl (C=S) groups is 1. The first-order chi connectivity index (χ1) is 6.22. The monoisotopic (exact) mass is 192 g/mol. The summed E-state index contributed by atoms with van der Waals surface area (Å²) >= 11 is 4.81. The quantitative estimate of drug-likeness (QED) is 0.397. The molecule has 13 heavy (non-hydrogen) atoms. The Kier molecular flexibility index (Phi) is 3.17. The average Bonchev–Trinajstić information content (AvgIpc) is 2.04. The normalized spacial score (nSPS) is 8.62. The molecule has 2 N–H and O–H groups in total. The van der Waals surface area contributed by atoms with Gasteiger partial charge in [-0.2, -0.15) is 5.26 Å². The van der Waals surface area contributed by atoms with Crippen LogP contribution >= 0.6 is 12.2 Å². The van der Waals surface area contributed by atoms with E-state index in [1.54, 1.807) is 18.5 Å². The van der Waals surface area contributed by atoms with Gasteiger partial charge in [-0.05, 0) is 31.3 Å². The van der Waals surface area contributed by atoms with Gasteiger partial charge in [0.25, 0.3) is 0 Å². The van der Waals surface area contributed by atoms with Crippen LogP contribution in [-0.2, 0) is 0 Å². The van der Waals surface area contributed by atoms with Crippen molar-refractivity contribution in [3.05, 3.63) is 24.0 Å². The van der Waals surface area contributed by atoms with E-state index >= 15 is 0 Å². The summed E-state index contributed by atoms with van der Waals surface area (Å²) in [6.45, 7) is 1.88. The second-order valence-corrected chi connectivity index (χ2v) is 2.79. The van der Waals surface area contributed by atoms with E-state index in [9.17, 15) is 0 Å². The predicted molar refractivity (Wildman–Crippen MR) is 53.9 cm³/mol. The van der Waals surface area contributed by atoms with E-state index in [0.717, 1.165) is 11.4 Å². The Morgan fingerprint density at radius 3 is 3.08 bits per heavy atom. The van der Waals surface area contributed by atoms with Gasteiger partial charge >= 0.3 is 0 Å². The van der Waals surface area contributed by atoms with E-state index in [0.29, 0.717) is 0 Å². The van der Waals surface area contributed by atoms with Crippen LogP contribution in [-0.4, -0.2) is 10.1 Å². The van der Waals surface area contributed by atoms with Gasteiger partial charge in [0.15, 0.2) is 11.3 Å². The maximum Gasteiger partial charge on any atom is 0.184 e. The molecule has 0 radical (unpaired) electrons. The molecule has 0 atom stereocenters. The fourth-order valence-corrected chi connectivity index (χ4v) is 1.000. The van der Waals surface area contributed by atoms with Crippen LogP contribution in [0.4, 0.5) is 5.69 Å². The van der Waals surface area contributed by atoms with Gasteiger partial charge in [-0.1, -0.05) is 0 Å². The Labute approximate surface area is 81.6 Å². The molecule has 66 valence electrons. The number of pyridine rings is 1. The molecule has 5 heteroatoms. The lowest BCUT2D eigenvalue weighted by atomic mass is 10.3. The van der Waals surface area contributed by atoms with Crippen LogP contribution < -0.4 is 10.6 Å². The number of aromatic nitrogens is 1. The van der Waals surface area contributed by atoms with Gasteiger partial charge in [-0.3, -0.25) is 10.3 Å². The summed E-state index contributed by atoms with van der Waals surface area (Å²) in [5, 5.41) is 13.7. The molecule has 1 rings (SSSR count). The third-order valence-corrected chi connectivity index (χ3v) is 1.53. The lowest BCUT2D eigenvalue weighted by Gasteiger charge is -2.04. The Bertz CT molecular complexity index is 355. The molecular weight excluding hydrogens is 184 g/mol. The molecule has 0 unspecified atom stereocenters. The van der Waals surface area contributed by atoms with E-state index < -0.39 is 0 Å². The zero-order chi connectivity index (χ0) is 9.68. The van der Waals surface area contributed by atoms with Crippen molar-refractivity contribution in [1.82, 2.24) is 10.3 Å². The Balaban J connectivity index is 2.65. The highest BCUT2D eigenvalue weighted by Gasteiger charge is 1.95. The molecular formula is C8H8N4S. The zero-order valence-electron chi connectivity index (χ0n) is 7.03. The third-order valence-electron chi connectivity index (χ3n) is 1.32. The number of hydrogen-bond donors (Lipinski definition) is 2. The van der Waals surface area contributed by atoms with Crippen molar-refractivity contribution in [2.24, 2.45) is 0 Å². The number of nitriles is 1. The van der Waals surface area contributed by atoms with Gasteiger partial charge in [-0.15, -0.1) is 0 Å².